The van der Waals surface area contributed by atoms with Crippen molar-refractivity contribution < 1.29 is 14.3 Å². The molecule has 6 heteroatoms. The zero-order valence-corrected chi connectivity index (χ0v) is 25.4. The van der Waals surface area contributed by atoms with Gasteiger partial charge >= 0.3 is 0 Å². The highest BCUT2D eigenvalue weighted by atomic mass is 16.5. The van der Waals surface area contributed by atoms with E-state index in [0.29, 0.717) is 26.2 Å². The Morgan fingerprint density at radius 3 is 2.43 bits per heavy atom. The number of amides is 2. The number of hydrogen-bond donors (Lipinski definition) is 1. The Morgan fingerprint density at radius 2 is 1.69 bits per heavy atom. The lowest BCUT2D eigenvalue weighted by atomic mass is 9.82. The van der Waals surface area contributed by atoms with Gasteiger partial charge in [0.1, 0.15) is 5.75 Å². The van der Waals surface area contributed by atoms with Gasteiger partial charge in [-0.15, -0.1) is 0 Å². The van der Waals surface area contributed by atoms with E-state index in [1.807, 2.05) is 35.0 Å². The van der Waals surface area contributed by atoms with Crippen molar-refractivity contribution >= 4 is 17.4 Å². The Kier molecular flexibility index (Phi) is 9.43. The molecule has 2 aliphatic heterocycles. The van der Waals surface area contributed by atoms with E-state index < -0.39 is 0 Å². The van der Waals surface area contributed by atoms with Crippen molar-refractivity contribution in [3.05, 3.63) is 106 Å². The number of likely N-dealkylation sites (N-methyl/N-ethyl adjacent to an activating group) is 1. The van der Waals surface area contributed by atoms with Crippen LogP contribution in [0.4, 0.5) is 0 Å². The zero-order valence-electron chi connectivity index (χ0n) is 25.4. The standard InChI is InChI=1S/C36H43N3O3/c1-25-12-13-26(2)34(21-25)42-20-8-11-29-14-16-30(17-15-29)32-22-31-23-39(27(3)40)24-33(37-31)35(32)36(41)38(4)19-18-28-9-6-5-7-10-28/h5-7,9-10,12-17,21,31,33,37H,8,11,18-20,22-24H2,1-4H3/t31?,33-/m1/s1. The fraction of sp³-hybridized carbons (Fsp3) is 0.389. The smallest absolute Gasteiger partial charge is 0.251 e. The van der Waals surface area contributed by atoms with E-state index in [1.54, 1.807) is 6.92 Å². The van der Waals surface area contributed by atoms with E-state index in [2.05, 4.69) is 73.8 Å². The predicted molar refractivity (Wildman–Crippen MR) is 168 cm³/mol. The molecule has 2 amide bonds. The molecule has 1 unspecified atom stereocenters. The van der Waals surface area contributed by atoms with Crippen LogP contribution in [0.5, 0.6) is 5.75 Å². The molecule has 1 N–H and O–H groups in total. The van der Waals surface area contributed by atoms with Crippen LogP contribution in [0, 0.1) is 13.8 Å². The van der Waals surface area contributed by atoms with Crippen LogP contribution in [0.25, 0.3) is 5.57 Å². The van der Waals surface area contributed by atoms with Gasteiger partial charge in [0, 0.05) is 45.2 Å². The molecule has 3 aromatic rings. The molecule has 220 valence electrons. The minimum atomic E-state index is -0.176. The SMILES string of the molecule is CC(=O)N1CC2CC(c3ccc(CCCOc4cc(C)ccc4C)cc3)=C(C(=O)N(C)CCc3ccccc3)[C@@H](C1)N2. The Balaban J connectivity index is 1.30. The highest BCUT2D eigenvalue weighted by Crippen LogP contribution is 2.34. The van der Waals surface area contributed by atoms with Crippen LogP contribution in [0.3, 0.4) is 0 Å². The van der Waals surface area contributed by atoms with Gasteiger partial charge in [-0.3, -0.25) is 9.59 Å². The molecule has 6 nitrogen and oxygen atoms in total. The molecule has 2 bridgehead atoms. The number of carbonyl (C=O) groups excluding carboxylic acids is 2. The van der Waals surface area contributed by atoms with Crippen LogP contribution in [0.2, 0.25) is 0 Å². The summed E-state index contributed by atoms with van der Waals surface area (Å²) in [5.41, 5.74) is 7.83. The van der Waals surface area contributed by atoms with Gasteiger partial charge in [0.2, 0.25) is 5.91 Å². The minimum Gasteiger partial charge on any atom is -0.493 e. The van der Waals surface area contributed by atoms with Crippen molar-refractivity contribution in [2.45, 2.75) is 58.5 Å². The van der Waals surface area contributed by atoms with Crippen LogP contribution >= 0.6 is 0 Å². The first-order valence-electron chi connectivity index (χ1n) is 15.1. The third-order valence-corrected chi connectivity index (χ3v) is 8.52. The van der Waals surface area contributed by atoms with Gasteiger partial charge in [0.25, 0.3) is 5.91 Å². The maximum Gasteiger partial charge on any atom is 0.251 e. The molecule has 5 rings (SSSR count). The minimum absolute atomic E-state index is 0.0370. The monoisotopic (exact) mass is 565 g/mol. The summed E-state index contributed by atoms with van der Waals surface area (Å²) >= 11 is 0. The maximum atomic E-state index is 14.0. The predicted octanol–water partition coefficient (Wildman–Crippen LogP) is 5.36. The molecule has 2 heterocycles. The first-order valence-corrected chi connectivity index (χ1v) is 15.1. The molecule has 42 heavy (non-hydrogen) atoms. The summed E-state index contributed by atoms with van der Waals surface area (Å²) in [6.45, 7) is 8.27. The number of rotatable bonds is 10. The lowest BCUT2D eigenvalue weighted by molar-refractivity contribution is -0.132. The first-order chi connectivity index (χ1) is 20.3. The molecular weight excluding hydrogens is 522 g/mol. The summed E-state index contributed by atoms with van der Waals surface area (Å²) in [5.74, 6) is 1.06. The van der Waals surface area contributed by atoms with Crippen LogP contribution in [0.1, 0.15) is 47.6 Å². The number of nitrogens with zero attached hydrogens (tertiary/aromatic N) is 2. The molecule has 2 aliphatic rings. The van der Waals surface area contributed by atoms with Crippen molar-refractivity contribution in [2.75, 3.05) is 33.3 Å². The molecule has 0 radical (unpaired) electrons. The topological polar surface area (TPSA) is 61.9 Å². The van der Waals surface area contributed by atoms with Gasteiger partial charge in [-0.1, -0.05) is 66.7 Å². The molecule has 0 aliphatic carbocycles. The van der Waals surface area contributed by atoms with Crippen molar-refractivity contribution in [3.8, 4) is 5.75 Å². The van der Waals surface area contributed by atoms with Gasteiger partial charge in [-0.2, -0.15) is 0 Å². The molecule has 0 saturated carbocycles. The summed E-state index contributed by atoms with van der Waals surface area (Å²) in [7, 11) is 1.89. The van der Waals surface area contributed by atoms with Gasteiger partial charge in [-0.25, -0.2) is 0 Å². The van der Waals surface area contributed by atoms with Gasteiger partial charge in [0.15, 0.2) is 0 Å². The summed E-state index contributed by atoms with van der Waals surface area (Å²) in [6, 6.07) is 25.2. The average Bonchev–Trinajstić information content (AvgIpc) is 2.99. The van der Waals surface area contributed by atoms with E-state index in [1.165, 1.54) is 16.7 Å². The largest absolute Gasteiger partial charge is 0.493 e. The fourth-order valence-electron chi connectivity index (χ4n) is 6.07. The van der Waals surface area contributed by atoms with Gasteiger partial charge in [-0.05, 0) is 79.0 Å². The number of hydrogen-bond acceptors (Lipinski definition) is 4. The number of nitrogens with one attached hydrogen (secondary N) is 1. The second-order valence-corrected chi connectivity index (χ2v) is 11.8. The molecule has 2 atom stereocenters. The number of aryl methyl sites for hydroxylation is 3. The van der Waals surface area contributed by atoms with E-state index in [0.717, 1.165) is 53.7 Å². The van der Waals surface area contributed by atoms with Gasteiger partial charge < -0.3 is 19.9 Å². The summed E-state index contributed by atoms with van der Waals surface area (Å²) in [6.07, 6.45) is 3.38. The summed E-state index contributed by atoms with van der Waals surface area (Å²) < 4.78 is 6.05. The molecule has 0 aromatic heterocycles. The number of benzene rings is 3. The van der Waals surface area contributed by atoms with Crippen molar-refractivity contribution in [1.29, 1.82) is 0 Å². The summed E-state index contributed by atoms with van der Waals surface area (Å²) in [5, 5.41) is 3.65. The third-order valence-electron chi connectivity index (χ3n) is 8.52. The van der Waals surface area contributed by atoms with Crippen LogP contribution < -0.4 is 10.1 Å². The zero-order chi connectivity index (χ0) is 29.6. The second-order valence-electron chi connectivity index (χ2n) is 11.8. The quantitative estimate of drug-likeness (QED) is 0.336. The molecule has 3 aromatic carbocycles. The van der Waals surface area contributed by atoms with Crippen molar-refractivity contribution in [2.24, 2.45) is 0 Å². The number of carbonyl (C=O) groups is 2. The lowest BCUT2D eigenvalue weighted by Crippen LogP contribution is -2.61. The Labute approximate surface area is 250 Å². The maximum absolute atomic E-state index is 14.0. The third kappa shape index (κ3) is 7.11. The Morgan fingerprint density at radius 1 is 0.952 bits per heavy atom. The van der Waals surface area contributed by atoms with Crippen LogP contribution in [-0.2, 0) is 22.4 Å². The molecule has 0 spiro atoms. The highest BCUT2D eigenvalue weighted by Gasteiger charge is 2.39. The highest BCUT2D eigenvalue weighted by molar-refractivity contribution is 6.03. The average molecular weight is 566 g/mol. The van der Waals surface area contributed by atoms with Gasteiger partial charge in [0.05, 0.1) is 12.6 Å². The fourth-order valence-corrected chi connectivity index (χ4v) is 6.07. The first kappa shape index (κ1) is 29.6. The normalized spacial score (nSPS) is 18.1. The van der Waals surface area contributed by atoms with E-state index >= 15 is 0 Å². The molecule has 1 saturated heterocycles. The van der Waals surface area contributed by atoms with Crippen LogP contribution in [-0.4, -0.2) is 67.0 Å². The van der Waals surface area contributed by atoms with E-state index in [9.17, 15) is 9.59 Å². The summed E-state index contributed by atoms with van der Waals surface area (Å²) in [4.78, 5) is 30.0. The number of ether oxygens (including phenoxy) is 1. The Bertz CT molecular complexity index is 1430. The molecular formula is C36H43N3O3. The number of piperazine rings is 1. The lowest BCUT2D eigenvalue weighted by Gasteiger charge is -2.44. The van der Waals surface area contributed by atoms with E-state index in [-0.39, 0.29) is 23.9 Å². The van der Waals surface area contributed by atoms with E-state index in [4.69, 9.17) is 4.74 Å². The molecule has 1 fully saturated rings. The Hall–Kier alpha value is -3.90. The van der Waals surface area contributed by atoms with Crippen LogP contribution in [0.15, 0.2) is 78.4 Å². The second kappa shape index (κ2) is 13.4. The number of fused-ring (bicyclic) bond motifs is 2. The van der Waals surface area contributed by atoms with Crippen molar-refractivity contribution in [1.82, 2.24) is 15.1 Å². The van der Waals surface area contributed by atoms with Crippen molar-refractivity contribution in [3.63, 3.8) is 0 Å².